The molecule has 0 amide bonds. The summed E-state index contributed by atoms with van der Waals surface area (Å²) < 4.78 is 6.31. The van der Waals surface area contributed by atoms with Gasteiger partial charge in [-0.3, -0.25) is 0 Å². The largest absolute Gasteiger partial charge is 0.393 e. The average molecular weight is 254 g/mol. The minimum absolute atomic E-state index is 0.104. The predicted octanol–water partition coefficient (Wildman–Crippen LogP) is 2.10. The Morgan fingerprint density at radius 1 is 1.11 bits per heavy atom. The molecular formula is C15H26O3. The van der Waals surface area contributed by atoms with Crippen LogP contribution >= 0.6 is 0 Å². The van der Waals surface area contributed by atoms with Crippen molar-refractivity contribution in [3.8, 4) is 0 Å². The topological polar surface area (TPSA) is 49.7 Å². The van der Waals surface area contributed by atoms with E-state index in [0.717, 1.165) is 32.1 Å². The molecule has 2 heterocycles. The summed E-state index contributed by atoms with van der Waals surface area (Å²) in [5, 5.41) is 20.1. The van der Waals surface area contributed by atoms with Crippen LogP contribution in [0.5, 0.6) is 0 Å². The second-order valence-corrected chi connectivity index (χ2v) is 7.64. The maximum Gasteiger partial charge on any atom is 0.0952 e. The molecule has 3 heteroatoms. The Hall–Kier alpha value is -0.120. The van der Waals surface area contributed by atoms with E-state index in [1.54, 1.807) is 0 Å². The van der Waals surface area contributed by atoms with Crippen LogP contribution in [0.1, 0.15) is 52.9 Å². The molecule has 3 fully saturated rings. The van der Waals surface area contributed by atoms with Gasteiger partial charge in [-0.1, -0.05) is 13.8 Å². The van der Waals surface area contributed by atoms with Gasteiger partial charge in [0.25, 0.3) is 0 Å². The first-order valence-electron chi connectivity index (χ1n) is 7.32. The van der Waals surface area contributed by atoms with Crippen molar-refractivity contribution in [2.75, 3.05) is 6.61 Å². The molecule has 0 aromatic rings. The van der Waals surface area contributed by atoms with Gasteiger partial charge < -0.3 is 14.9 Å². The highest BCUT2D eigenvalue weighted by molar-refractivity contribution is 5.11. The number of rotatable bonds is 1. The fourth-order valence-corrected chi connectivity index (χ4v) is 4.81. The smallest absolute Gasteiger partial charge is 0.0952 e. The van der Waals surface area contributed by atoms with Crippen molar-refractivity contribution >= 4 is 0 Å². The first-order valence-corrected chi connectivity index (χ1v) is 7.32. The van der Waals surface area contributed by atoms with Gasteiger partial charge in [0.1, 0.15) is 0 Å². The molecule has 2 N–H and O–H groups in total. The van der Waals surface area contributed by atoms with Crippen molar-refractivity contribution in [1.29, 1.82) is 0 Å². The molecule has 0 aromatic heterocycles. The number of ether oxygens (including phenoxy) is 1. The van der Waals surface area contributed by atoms with E-state index in [1.807, 2.05) is 6.92 Å². The molecule has 104 valence electrons. The fourth-order valence-electron chi connectivity index (χ4n) is 4.81. The number of aliphatic hydroxyl groups excluding tert-OH is 2. The Morgan fingerprint density at radius 3 is 2.44 bits per heavy atom. The van der Waals surface area contributed by atoms with Gasteiger partial charge in [-0.25, -0.2) is 0 Å². The van der Waals surface area contributed by atoms with E-state index in [9.17, 15) is 10.2 Å². The number of hydrogen-bond acceptors (Lipinski definition) is 3. The molecule has 0 aromatic carbocycles. The quantitative estimate of drug-likeness (QED) is 0.753. The van der Waals surface area contributed by atoms with E-state index in [1.165, 1.54) is 0 Å². The highest BCUT2D eigenvalue weighted by Gasteiger charge is 2.62. The molecule has 5 atom stereocenters. The van der Waals surface area contributed by atoms with Gasteiger partial charge in [0.05, 0.1) is 23.9 Å². The normalized spacial score (nSPS) is 54.2. The van der Waals surface area contributed by atoms with Gasteiger partial charge in [-0.15, -0.1) is 0 Å². The Balaban J connectivity index is 1.96. The zero-order chi connectivity index (χ0) is 13.2. The van der Waals surface area contributed by atoms with Crippen molar-refractivity contribution in [1.82, 2.24) is 0 Å². The molecule has 3 rings (SSSR count). The molecule has 3 nitrogen and oxygen atoms in total. The molecule has 18 heavy (non-hydrogen) atoms. The lowest BCUT2D eigenvalue weighted by Crippen LogP contribution is -2.62. The Kier molecular flexibility index (Phi) is 2.66. The van der Waals surface area contributed by atoms with Crippen LogP contribution in [0, 0.1) is 17.3 Å². The first kappa shape index (κ1) is 12.9. The number of hydrogen-bond donors (Lipinski definition) is 2. The molecule has 1 saturated carbocycles. The molecular weight excluding hydrogens is 228 g/mol. The van der Waals surface area contributed by atoms with Gasteiger partial charge in [-0.2, -0.15) is 0 Å². The third kappa shape index (κ3) is 1.53. The van der Waals surface area contributed by atoms with Gasteiger partial charge >= 0.3 is 0 Å². The Bertz CT molecular complexity index is 354. The van der Waals surface area contributed by atoms with Gasteiger partial charge in [0.15, 0.2) is 0 Å². The Labute approximate surface area is 110 Å². The summed E-state index contributed by atoms with van der Waals surface area (Å²) in [5.74, 6) is 1.11. The molecule has 2 bridgehead atoms. The molecule has 0 spiro atoms. The maximum atomic E-state index is 10.2. The SMILES string of the molecule is CC1(C)C[C@H]2[C@H]1CCC1(C)O[C@@]2(CO)CC[C@H]1O. The average Bonchev–Trinajstić information content (AvgIpc) is 2.39. The van der Waals surface area contributed by atoms with Gasteiger partial charge in [0.2, 0.25) is 0 Å². The molecule has 1 unspecified atom stereocenters. The molecule has 2 saturated heterocycles. The predicted molar refractivity (Wildman–Crippen MR) is 69.2 cm³/mol. The van der Waals surface area contributed by atoms with Crippen LogP contribution in [-0.4, -0.2) is 34.1 Å². The Morgan fingerprint density at radius 2 is 1.83 bits per heavy atom. The van der Waals surface area contributed by atoms with Crippen LogP contribution in [0.2, 0.25) is 0 Å². The summed E-state index contributed by atoms with van der Waals surface area (Å²) in [6.07, 6.45) is 4.37. The number of aliphatic hydroxyl groups is 2. The molecule has 1 aliphatic carbocycles. The lowest BCUT2D eigenvalue weighted by molar-refractivity contribution is -0.271. The van der Waals surface area contributed by atoms with E-state index in [4.69, 9.17) is 4.74 Å². The van der Waals surface area contributed by atoms with Gasteiger partial charge in [-0.05, 0) is 56.3 Å². The van der Waals surface area contributed by atoms with Crippen LogP contribution in [-0.2, 0) is 4.74 Å². The molecule has 3 aliphatic rings. The number of fused-ring (bicyclic) bond motifs is 4. The highest BCUT2D eigenvalue weighted by Crippen LogP contribution is 2.62. The zero-order valence-corrected chi connectivity index (χ0v) is 11.8. The second kappa shape index (κ2) is 3.71. The monoisotopic (exact) mass is 254 g/mol. The summed E-state index contributed by atoms with van der Waals surface area (Å²) in [6.45, 7) is 6.78. The summed E-state index contributed by atoms with van der Waals surface area (Å²) in [4.78, 5) is 0. The van der Waals surface area contributed by atoms with E-state index in [-0.39, 0.29) is 18.3 Å². The molecule has 2 aliphatic heterocycles. The van der Waals surface area contributed by atoms with Crippen molar-refractivity contribution < 1.29 is 14.9 Å². The minimum atomic E-state index is -0.450. The summed E-state index contributed by atoms with van der Waals surface area (Å²) in [7, 11) is 0. The van der Waals surface area contributed by atoms with Crippen LogP contribution in [0.25, 0.3) is 0 Å². The third-order valence-electron chi connectivity index (χ3n) is 6.11. The van der Waals surface area contributed by atoms with Crippen LogP contribution in [0.15, 0.2) is 0 Å². The van der Waals surface area contributed by atoms with Crippen LogP contribution < -0.4 is 0 Å². The van der Waals surface area contributed by atoms with E-state index < -0.39 is 5.60 Å². The second-order valence-electron chi connectivity index (χ2n) is 7.64. The summed E-state index contributed by atoms with van der Waals surface area (Å²) >= 11 is 0. The summed E-state index contributed by atoms with van der Waals surface area (Å²) in [6, 6.07) is 0. The van der Waals surface area contributed by atoms with Crippen molar-refractivity contribution in [2.24, 2.45) is 17.3 Å². The maximum absolute atomic E-state index is 10.2. The van der Waals surface area contributed by atoms with Crippen molar-refractivity contribution in [3.05, 3.63) is 0 Å². The zero-order valence-electron chi connectivity index (χ0n) is 11.8. The third-order valence-corrected chi connectivity index (χ3v) is 6.11. The van der Waals surface area contributed by atoms with Crippen LogP contribution in [0.4, 0.5) is 0 Å². The van der Waals surface area contributed by atoms with Crippen molar-refractivity contribution in [3.63, 3.8) is 0 Å². The van der Waals surface area contributed by atoms with E-state index in [2.05, 4.69) is 13.8 Å². The first-order chi connectivity index (χ1) is 8.33. The van der Waals surface area contributed by atoms with Crippen molar-refractivity contribution in [2.45, 2.75) is 70.2 Å². The van der Waals surface area contributed by atoms with Gasteiger partial charge in [0, 0.05) is 0 Å². The van der Waals surface area contributed by atoms with E-state index in [0.29, 0.717) is 17.3 Å². The lowest BCUT2D eigenvalue weighted by Gasteiger charge is -2.59. The van der Waals surface area contributed by atoms with E-state index >= 15 is 0 Å². The molecule has 0 radical (unpaired) electrons. The highest BCUT2D eigenvalue weighted by atomic mass is 16.5. The van der Waals surface area contributed by atoms with Crippen LogP contribution in [0.3, 0.4) is 0 Å². The summed E-state index contributed by atoms with van der Waals surface area (Å²) in [5.41, 5.74) is -0.464. The minimum Gasteiger partial charge on any atom is -0.393 e. The standard InChI is InChI=1S/C15H26O3/c1-13(2)8-11-10(13)4-6-14(3)12(17)5-7-15(11,9-16)18-14/h10-12,16-17H,4-9H2,1-3H3/t10-,11+,12-,14?,15-/m1/s1. The fraction of sp³-hybridized carbons (Fsp3) is 1.00. The lowest BCUT2D eigenvalue weighted by atomic mass is 9.50.